The molecule has 2 amide bonds. The molecular weight excluding hydrogens is 384 g/mol. The number of piperazine rings is 1. The van der Waals surface area contributed by atoms with Crippen molar-refractivity contribution in [1.29, 1.82) is 0 Å². The Morgan fingerprint density at radius 3 is 2.53 bits per heavy atom. The zero-order valence-electron chi connectivity index (χ0n) is 17.2. The van der Waals surface area contributed by atoms with Crippen LogP contribution in [0.3, 0.4) is 0 Å². The predicted molar refractivity (Wildman–Crippen MR) is 114 cm³/mol. The fraction of sp³-hybridized carbons (Fsp3) is 0.364. The summed E-state index contributed by atoms with van der Waals surface area (Å²) in [5.74, 6) is 0.517. The molecule has 0 saturated carbocycles. The predicted octanol–water partition coefficient (Wildman–Crippen LogP) is 1.84. The summed E-state index contributed by atoms with van der Waals surface area (Å²) in [4.78, 5) is 29.3. The van der Waals surface area contributed by atoms with E-state index < -0.39 is 0 Å². The highest BCUT2D eigenvalue weighted by Crippen LogP contribution is 2.32. The van der Waals surface area contributed by atoms with Gasteiger partial charge in [-0.05, 0) is 55.9 Å². The van der Waals surface area contributed by atoms with E-state index in [4.69, 9.17) is 9.47 Å². The van der Waals surface area contributed by atoms with Crippen LogP contribution in [0.4, 0.5) is 11.4 Å². The van der Waals surface area contributed by atoms with E-state index in [9.17, 15) is 9.59 Å². The number of aryl methyl sites for hydroxylation is 1. The number of rotatable bonds is 5. The third-order valence-electron chi connectivity index (χ3n) is 5.37. The Morgan fingerprint density at radius 2 is 1.77 bits per heavy atom. The van der Waals surface area contributed by atoms with Crippen molar-refractivity contribution in [3.05, 3.63) is 47.5 Å². The van der Waals surface area contributed by atoms with Crippen molar-refractivity contribution in [1.82, 2.24) is 10.2 Å². The smallest absolute Gasteiger partial charge is 0.251 e. The summed E-state index contributed by atoms with van der Waals surface area (Å²) in [6, 6.07) is 10.8. The number of hydrogen-bond acceptors (Lipinski definition) is 6. The minimum Gasteiger partial charge on any atom is -0.454 e. The van der Waals surface area contributed by atoms with Crippen LogP contribution in [0, 0.1) is 6.92 Å². The maximum absolute atomic E-state index is 12.3. The fourth-order valence-corrected chi connectivity index (χ4v) is 3.64. The van der Waals surface area contributed by atoms with Gasteiger partial charge < -0.3 is 29.9 Å². The number of nitrogens with zero attached hydrogens (tertiary/aromatic N) is 2. The summed E-state index contributed by atoms with van der Waals surface area (Å²) >= 11 is 0. The number of nitrogens with one attached hydrogen (secondary N) is 2. The number of hydrogen-bond donors (Lipinski definition) is 2. The maximum atomic E-state index is 12.3. The van der Waals surface area contributed by atoms with E-state index in [0.29, 0.717) is 22.7 Å². The lowest BCUT2D eigenvalue weighted by Crippen LogP contribution is -2.44. The van der Waals surface area contributed by atoms with Crippen molar-refractivity contribution >= 4 is 23.2 Å². The molecule has 2 aromatic carbocycles. The Morgan fingerprint density at radius 1 is 1.00 bits per heavy atom. The molecule has 2 N–H and O–H groups in total. The van der Waals surface area contributed by atoms with Gasteiger partial charge in [-0.1, -0.05) is 0 Å². The van der Waals surface area contributed by atoms with Crippen molar-refractivity contribution < 1.29 is 19.1 Å². The number of carbonyl (C=O) groups is 2. The highest BCUT2D eigenvalue weighted by atomic mass is 16.7. The molecule has 8 heteroatoms. The second kappa shape index (κ2) is 8.62. The molecular formula is C22H26N4O4. The third-order valence-corrected chi connectivity index (χ3v) is 5.37. The van der Waals surface area contributed by atoms with E-state index >= 15 is 0 Å². The van der Waals surface area contributed by atoms with Gasteiger partial charge in [-0.25, -0.2) is 0 Å². The molecule has 0 bridgehead atoms. The quantitative estimate of drug-likeness (QED) is 0.783. The highest BCUT2D eigenvalue weighted by molar-refractivity contribution is 5.99. The van der Waals surface area contributed by atoms with Gasteiger partial charge in [-0.3, -0.25) is 9.59 Å². The van der Waals surface area contributed by atoms with Crippen LogP contribution in [0.15, 0.2) is 36.4 Å². The maximum Gasteiger partial charge on any atom is 0.251 e. The van der Waals surface area contributed by atoms with Crippen LogP contribution in [0.5, 0.6) is 11.5 Å². The SMILES string of the molecule is Cc1cc(NC(=O)CNC(=O)c2ccc3c(c2)OCO3)ccc1N1CCN(C)CC1. The zero-order valence-corrected chi connectivity index (χ0v) is 17.2. The minimum atomic E-state index is -0.343. The Balaban J connectivity index is 1.30. The summed E-state index contributed by atoms with van der Waals surface area (Å²) in [6.45, 7) is 6.15. The molecule has 2 heterocycles. The first-order valence-electron chi connectivity index (χ1n) is 10.0. The van der Waals surface area contributed by atoms with Crippen LogP contribution in [0.25, 0.3) is 0 Å². The van der Waals surface area contributed by atoms with E-state index in [2.05, 4.69) is 27.5 Å². The van der Waals surface area contributed by atoms with E-state index in [1.165, 1.54) is 5.69 Å². The van der Waals surface area contributed by atoms with Gasteiger partial charge in [0.05, 0.1) is 6.54 Å². The van der Waals surface area contributed by atoms with Crippen molar-refractivity contribution in [2.45, 2.75) is 6.92 Å². The summed E-state index contributed by atoms with van der Waals surface area (Å²) < 4.78 is 10.5. The van der Waals surface area contributed by atoms with Gasteiger partial charge in [0.25, 0.3) is 5.91 Å². The standard InChI is InChI=1S/C22H26N4O4/c1-15-11-17(4-5-18(15)26-9-7-25(2)8-10-26)24-21(27)13-23-22(28)16-3-6-19-20(12-16)30-14-29-19/h3-6,11-12H,7-10,13-14H2,1-2H3,(H,23,28)(H,24,27). The monoisotopic (exact) mass is 410 g/mol. The van der Waals surface area contributed by atoms with Gasteiger partial charge in [-0.2, -0.15) is 0 Å². The van der Waals surface area contributed by atoms with Crippen LogP contribution >= 0.6 is 0 Å². The number of anilines is 2. The number of likely N-dealkylation sites (N-methyl/N-ethyl adjacent to an activating group) is 1. The Labute approximate surface area is 175 Å². The van der Waals surface area contributed by atoms with E-state index in [1.807, 2.05) is 25.1 Å². The van der Waals surface area contributed by atoms with Crippen molar-refractivity contribution in [3.8, 4) is 11.5 Å². The molecule has 30 heavy (non-hydrogen) atoms. The molecule has 8 nitrogen and oxygen atoms in total. The molecule has 158 valence electrons. The lowest BCUT2D eigenvalue weighted by Gasteiger charge is -2.35. The third kappa shape index (κ3) is 4.49. The molecule has 0 atom stereocenters. The van der Waals surface area contributed by atoms with Crippen LogP contribution in [0.1, 0.15) is 15.9 Å². The first-order chi connectivity index (χ1) is 14.5. The fourth-order valence-electron chi connectivity index (χ4n) is 3.64. The van der Waals surface area contributed by atoms with Crippen LogP contribution < -0.4 is 25.0 Å². The van der Waals surface area contributed by atoms with Crippen molar-refractivity contribution in [3.63, 3.8) is 0 Å². The van der Waals surface area contributed by atoms with E-state index in [1.54, 1.807) is 18.2 Å². The number of carbonyl (C=O) groups excluding carboxylic acids is 2. The average molecular weight is 410 g/mol. The first-order valence-corrected chi connectivity index (χ1v) is 10.0. The molecule has 0 spiro atoms. The van der Waals surface area contributed by atoms with E-state index in [0.717, 1.165) is 31.7 Å². The molecule has 0 unspecified atom stereocenters. The van der Waals surface area contributed by atoms with Crippen LogP contribution in [0.2, 0.25) is 0 Å². The topological polar surface area (TPSA) is 83.1 Å². The Kier molecular flexibility index (Phi) is 5.76. The molecule has 1 fully saturated rings. The lowest BCUT2D eigenvalue weighted by atomic mass is 10.1. The average Bonchev–Trinajstić information content (AvgIpc) is 3.21. The molecule has 0 aromatic heterocycles. The Bertz CT molecular complexity index is 954. The molecule has 2 aromatic rings. The van der Waals surface area contributed by atoms with Gasteiger partial charge in [0.1, 0.15) is 0 Å². The van der Waals surface area contributed by atoms with Gasteiger partial charge >= 0.3 is 0 Å². The first kappa shape index (κ1) is 20.0. The van der Waals surface area contributed by atoms with Crippen molar-refractivity contribution in [2.24, 2.45) is 0 Å². The number of ether oxygens (including phenoxy) is 2. The number of fused-ring (bicyclic) bond motifs is 1. The lowest BCUT2D eigenvalue weighted by molar-refractivity contribution is -0.115. The summed E-state index contributed by atoms with van der Waals surface area (Å²) in [6.07, 6.45) is 0. The molecule has 2 aliphatic heterocycles. The summed E-state index contributed by atoms with van der Waals surface area (Å²) in [5.41, 5.74) is 3.44. The van der Waals surface area contributed by atoms with Crippen LogP contribution in [-0.4, -0.2) is 63.3 Å². The minimum absolute atomic E-state index is 0.119. The zero-order chi connectivity index (χ0) is 21.1. The molecule has 0 aliphatic carbocycles. The Hall–Kier alpha value is -3.26. The van der Waals surface area contributed by atoms with E-state index in [-0.39, 0.29) is 25.2 Å². The second-order valence-electron chi connectivity index (χ2n) is 7.59. The van der Waals surface area contributed by atoms with Gasteiger partial charge in [0.2, 0.25) is 12.7 Å². The van der Waals surface area contributed by atoms with Gasteiger partial charge in [-0.15, -0.1) is 0 Å². The molecule has 2 aliphatic rings. The van der Waals surface area contributed by atoms with Gasteiger partial charge in [0, 0.05) is 43.1 Å². The summed E-state index contributed by atoms with van der Waals surface area (Å²) in [7, 11) is 2.13. The van der Waals surface area contributed by atoms with Crippen LogP contribution in [-0.2, 0) is 4.79 Å². The van der Waals surface area contributed by atoms with Gasteiger partial charge in [0.15, 0.2) is 11.5 Å². The molecule has 1 saturated heterocycles. The summed E-state index contributed by atoms with van der Waals surface area (Å²) in [5, 5.41) is 5.48. The molecule has 4 rings (SSSR count). The largest absolute Gasteiger partial charge is 0.454 e. The molecule has 0 radical (unpaired) electrons. The number of amides is 2. The second-order valence-corrected chi connectivity index (χ2v) is 7.59. The normalized spacial score (nSPS) is 15.7. The number of benzene rings is 2. The van der Waals surface area contributed by atoms with Crippen molar-refractivity contribution in [2.75, 3.05) is 56.8 Å². The highest BCUT2D eigenvalue weighted by Gasteiger charge is 2.18.